The van der Waals surface area contributed by atoms with Crippen LogP contribution in [0.15, 0.2) is 23.6 Å². The van der Waals surface area contributed by atoms with Crippen LogP contribution < -0.4 is 5.32 Å². The molecule has 0 aliphatic carbocycles. The van der Waals surface area contributed by atoms with Crippen LogP contribution in [0.3, 0.4) is 0 Å². The summed E-state index contributed by atoms with van der Waals surface area (Å²) in [6.07, 6.45) is 2.37. The summed E-state index contributed by atoms with van der Waals surface area (Å²) >= 11 is 13.6. The van der Waals surface area contributed by atoms with Gasteiger partial charge in [-0.05, 0) is 31.4 Å². The average molecular weight is 510 g/mol. The van der Waals surface area contributed by atoms with Gasteiger partial charge in [-0.15, -0.1) is 11.3 Å². The zero-order chi connectivity index (χ0) is 23.5. The van der Waals surface area contributed by atoms with Gasteiger partial charge in [-0.2, -0.15) is 0 Å². The minimum absolute atomic E-state index is 0.0172. The Bertz CT molecular complexity index is 1050. The van der Waals surface area contributed by atoms with Crippen LogP contribution in [0.5, 0.6) is 0 Å². The number of nitrogens with one attached hydrogen (secondary N) is 1. The normalized spacial score (nSPS) is 18.9. The maximum absolute atomic E-state index is 13.3. The van der Waals surface area contributed by atoms with E-state index in [1.165, 1.54) is 18.3 Å². The van der Waals surface area contributed by atoms with Crippen LogP contribution in [0.2, 0.25) is 10.0 Å². The molecule has 2 aliphatic rings. The molecule has 4 rings (SSSR count). The van der Waals surface area contributed by atoms with Crippen LogP contribution in [-0.4, -0.2) is 76.2 Å². The molecule has 0 unspecified atom stereocenters. The molecule has 1 aromatic carbocycles. The summed E-state index contributed by atoms with van der Waals surface area (Å²) in [4.78, 5) is 47.7. The Labute approximate surface area is 206 Å². The number of halogens is 2. The lowest BCUT2D eigenvalue weighted by atomic mass is 10.00. The fourth-order valence-corrected chi connectivity index (χ4v) is 5.22. The van der Waals surface area contributed by atoms with Gasteiger partial charge >= 0.3 is 0 Å². The van der Waals surface area contributed by atoms with E-state index in [1.807, 2.05) is 0 Å². The highest BCUT2D eigenvalue weighted by Crippen LogP contribution is 2.33. The van der Waals surface area contributed by atoms with E-state index in [0.717, 1.165) is 12.8 Å². The van der Waals surface area contributed by atoms with Crippen molar-refractivity contribution in [1.29, 1.82) is 0 Å². The average Bonchev–Trinajstić information content (AvgIpc) is 3.29. The second kappa shape index (κ2) is 10.3. The molecule has 2 fully saturated rings. The van der Waals surface area contributed by atoms with E-state index in [2.05, 4.69) is 10.3 Å². The Balaban J connectivity index is 1.45. The van der Waals surface area contributed by atoms with E-state index in [1.54, 1.807) is 38.3 Å². The lowest BCUT2D eigenvalue weighted by Gasteiger charge is -2.40. The van der Waals surface area contributed by atoms with E-state index in [9.17, 15) is 14.4 Å². The first kappa shape index (κ1) is 23.8. The Morgan fingerprint density at radius 1 is 1.06 bits per heavy atom. The number of carbonyl (C=O) groups excluding carboxylic acids is 3. The number of likely N-dealkylation sites (tertiary alicyclic amines) is 1. The highest BCUT2D eigenvalue weighted by atomic mass is 35.5. The summed E-state index contributed by atoms with van der Waals surface area (Å²) in [5.74, 6) is -0.286. The minimum Gasteiger partial charge on any atom is -0.339 e. The number of anilines is 2. The number of amides is 3. The Morgan fingerprint density at radius 3 is 2.52 bits per heavy atom. The lowest BCUT2D eigenvalue weighted by Crippen LogP contribution is -2.57. The maximum Gasteiger partial charge on any atom is 0.274 e. The molecule has 33 heavy (non-hydrogen) atoms. The van der Waals surface area contributed by atoms with Crippen LogP contribution >= 0.6 is 34.5 Å². The van der Waals surface area contributed by atoms with Crippen LogP contribution in [0.25, 0.3) is 0 Å². The summed E-state index contributed by atoms with van der Waals surface area (Å²) in [5.41, 5.74) is 0.898. The first-order valence-electron chi connectivity index (χ1n) is 10.9. The van der Waals surface area contributed by atoms with Crippen molar-refractivity contribution in [2.45, 2.75) is 32.2 Å². The Hall–Kier alpha value is -2.36. The van der Waals surface area contributed by atoms with Gasteiger partial charge in [0.15, 0.2) is 5.13 Å². The molecule has 1 atom stereocenters. The van der Waals surface area contributed by atoms with Crippen molar-refractivity contribution in [3.8, 4) is 0 Å². The van der Waals surface area contributed by atoms with Gasteiger partial charge in [0, 0.05) is 45.0 Å². The van der Waals surface area contributed by atoms with Gasteiger partial charge in [-0.1, -0.05) is 29.3 Å². The van der Waals surface area contributed by atoms with E-state index in [-0.39, 0.29) is 17.7 Å². The summed E-state index contributed by atoms with van der Waals surface area (Å²) in [5, 5.41) is 6.11. The molecule has 11 heteroatoms. The van der Waals surface area contributed by atoms with Crippen LogP contribution in [-0.2, 0) is 9.59 Å². The number of rotatable bonds is 4. The van der Waals surface area contributed by atoms with Gasteiger partial charge < -0.3 is 20.0 Å². The largest absolute Gasteiger partial charge is 0.339 e. The highest BCUT2D eigenvalue weighted by molar-refractivity contribution is 7.14. The first-order valence-corrected chi connectivity index (χ1v) is 12.5. The summed E-state index contributed by atoms with van der Waals surface area (Å²) in [6, 6.07) is 4.74. The van der Waals surface area contributed by atoms with Gasteiger partial charge in [-0.25, -0.2) is 4.98 Å². The van der Waals surface area contributed by atoms with E-state index >= 15 is 0 Å². The molecule has 176 valence electrons. The number of piperazine rings is 1. The molecule has 8 nitrogen and oxygen atoms in total. The number of thiazole rings is 1. The SMILES string of the molecule is CC(=O)N1CCN(C(=O)[C@H]2CCCCN2C(=O)c2csc(Nc3cccc(Cl)c3Cl)n2)CC1. The third-order valence-corrected chi connectivity index (χ3v) is 7.58. The van der Waals surface area contributed by atoms with E-state index in [0.29, 0.717) is 65.7 Å². The minimum atomic E-state index is -0.504. The molecular weight excluding hydrogens is 485 g/mol. The molecule has 1 N–H and O–H groups in total. The van der Waals surface area contributed by atoms with Crippen LogP contribution in [0.1, 0.15) is 36.7 Å². The predicted molar refractivity (Wildman–Crippen MR) is 129 cm³/mol. The van der Waals surface area contributed by atoms with Crippen molar-refractivity contribution < 1.29 is 14.4 Å². The zero-order valence-electron chi connectivity index (χ0n) is 18.2. The smallest absolute Gasteiger partial charge is 0.274 e. The number of nitrogens with zero attached hydrogens (tertiary/aromatic N) is 4. The number of benzene rings is 1. The lowest BCUT2D eigenvalue weighted by molar-refractivity contribution is -0.142. The molecule has 0 saturated carbocycles. The molecule has 0 bridgehead atoms. The summed E-state index contributed by atoms with van der Waals surface area (Å²) in [6.45, 7) is 4.08. The van der Waals surface area contributed by atoms with Crippen molar-refractivity contribution in [3.63, 3.8) is 0 Å². The van der Waals surface area contributed by atoms with Gasteiger partial charge in [0.2, 0.25) is 11.8 Å². The molecule has 1 aromatic heterocycles. The Kier molecular flexibility index (Phi) is 7.41. The Morgan fingerprint density at radius 2 is 1.79 bits per heavy atom. The molecular formula is C22H25Cl2N5O3S. The second-order valence-electron chi connectivity index (χ2n) is 8.11. The quantitative estimate of drug-likeness (QED) is 0.675. The monoisotopic (exact) mass is 509 g/mol. The maximum atomic E-state index is 13.3. The van der Waals surface area contributed by atoms with Crippen LogP contribution in [0.4, 0.5) is 10.8 Å². The fraction of sp³-hybridized carbons (Fsp3) is 0.455. The van der Waals surface area contributed by atoms with Crippen molar-refractivity contribution in [1.82, 2.24) is 19.7 Å². The van der Waals surface area contributed by atoms with Crippen molar-refractivity contribution in [3.05, 3.63) is 39.3 Å². The standard InChI is InChI=1S/C22H25Cl2N5O3S/c1-14(30)27-9-11-28(12-10-27)21(32)18-7-2-3-8-29(18)20(31)17-13-33-22(26-17)25-16-6-4-5-15(23)19(16)24/h4-6,13,18H,2-3,7-12H2,1H3,(H,25,26)/t18-/m1/s1. The molecule has 3 heterocycles. The van der Waals surface area contributed by atoms with Crippen molar-refractivity contribution in [2.24, 2.45) is 0 Å². The number of carbonyl (C=O) groups is 3. The van der Waals surface area contributed by atoms with Gasteiger partial charge in [-0.3, -0.25) is 14.4 Å². The third-order valence-electron chi connectivity index (χ3n) is 6.00. The van der Waals surface area contributed by atoms with Crippen molar-refractivity contribution >= 4 is 63.1 Å². The van der Waals surface area contributed by atoms with Gasteiger partial charge in [0.25, 0.3) is 5.91 Å². The molecule has 0 radical (unpaired) electrons. The number of hydrogen-bond acceptors (Lipinski definition) is 6. The van der Waals surface area contributed by atoms with Gasteiger partial charge in [0.05, 0.1) is 15.7 Å². The van der Waals surface area contributed by atoms with E-state index < -0.39 is 6.04 Å². The number of hydrogen-bond donors (Lipinski definition) is 1. The van der Waals surface area contributed by atoms with Crippen molar-refractivity contribution in [2.75, 3.05) is 38.0 Å². The zero-order valence-corrected chi connectivity index (χ0v) is 20.5. The van der Waals surface area contributed by atoms with Crippen LogP contribution in [0, 0.1) is 0 Å². The van der Waals surface area contributed by atoms with Gasteiger partial charge in [0.1, 0.15) is 11.7 Å². The van der Waals surface area contributed by atoms with E-state index in [4.69, 9.17) is 23.2 Å². The third kappa shape index (κ3) is 5.26. The molecule has 2 aliphatic heterocycles. The predicted octanol–water partition coefficient (Wildman–Crippen LogP) is 3.88. The number of aromatic nitrogens is 1. The first-order chi connectivity index (χ1) is 15.8. The molecule has 2 saturated heterocycles. The molecule has 3 amide bonds. The highest BCUT2D eigenvalue weighted by Gasteiger charge is 2.37. The molecule has 2 aromatic rings. The second-order valence-corrected chi connectivity index (χ2v) is 9.75. The molecule has 0 spiro atoms. The summed E-state index contributed by atoms with van der Waals surface area (Å²) < 4.78 is 0. The topological polar surface area (TPSA) is 85.9 Å². The summed E-state index contributed by atoms with van der Waals surface area (Å²) in [7, 11) is 0. The fourth-order valence-electron chi connectivity index (χ4n) is 4.18. The number of piperidine rings is 1.